The molecule has 2 fully saturated rings. The summed E-state index contributed by atoms with van der Waals surface area (Å²) in [7, 11) is 0. The molecule has 2 heteroatoms. The van der Waals surface area contributed by atoms with Gasteiger partial charge < -0.3 is 10.0 Å². The van der Waals surface area contributed by atoms with E-state index in [1.54, 1.807) is 0 Å². The molecular formula is C12H23NO. The van der Waals surface area contributed by atoms with Crippen LogP contribution in [0.3, 0.4) is 0 Å². The fourth-order valence-corrected chi connectivity index (χ4v) is 2.59. The molecule has 2 saturated carbocycles. The van der Waals surface area contributed by atoms with Crippen molar-refractivity contribution in [1.82, 2.24) is 4.90 Å². The van der Waals surface area contributed by atoms with Crippen molar-refractivity contribution in [2.24, 2.45) is 5.92 Å². The lowest BCUT2D eigenvalue weighted by Gasteiger charge is -2.35. The fraction of sp³-hybridized carbons (Fsp3) is 1.00. The Hall–Kier alpha value is -0.0800. The highest BCUT2D eigenvalue weighted by Crippen LogP contribution is 2.32. The van der Waals surface area contributed by atoms with E-state index in [1.165, 1.54) is 38.8 Å². The van der Waals surface area contributed by atoms with Crippen LogP contribution in [-0.4, -0.2) is 35.2 Å². The lowest BCUT2D eigenvalue weighted by molar-refractivity contribution is 0.0739. The quantitative estimate of drug-likeness (QED) is 0.745. The lowest BCUT2D eigenvalue weighted by Crippen LogP contribution is -2.40. The molecule has 0 bridgehead atoms. The third-order valence-electron chi connectivity index (χ3n) is 3.78. The predicted octanol–water partition coefficient (Wildman–Crippen LogP) is 2.02. The molecule has 0 heterocycles. The minimum absolute atomic E-state index is 0.00844. The average Bonchev–Trinajstić information content (AvgIpc) is 3.00. The van der Waals surface area contributed by atoms with Gasteiger partial charge in [-0.3, -0.25) is 0 Å². The molecule has 2 aliphatic rings. The van der Waals surface area contributed by atoms with Gasteiger partial charge in [-0.05, 0) is 51.0 Å². The SMILES string of the molecule is CCN(CC1CC1)C1CCC(O)CC1. The van der Waals surface area contributed by atoms with Crippen molar-refractivity contribution in [3.63, 3.8) is 0 Å². The van der Waals surface area contributed by atoms with Crippen molar-refractivity contribution in [3.8, 4) is 0 Å². The molecular weight excluding hydrogens is 174 g/mol. The second-order valence-corrected chi connectivity index (χ2v) is 4.99. The largest absolute Gasteiger partial charge is 0.393 e. The van der Waals surface area contributed by atoms with E-state index in [9.17, 15) is 5.11 Å². The number of nitrogens with zero attached hydrogens (tertiary/aromatic N) is 1. The van der Waals surface area contributed by atoms with Crippen molar-refractivity contribution in [1.29, 1.82) is 0 Å². The minimum Gasteiger partial charge on any atom is -0.393 e. The number of hydrogen-bond acceptors (Lipinski definition) is 2. The third-order valence-corrected chi connectivity index (χ3v) is 3.78. The van der Waals surface area contributed by atoms with E-state index in [0.29, 0.717) is 0 Å². The second kappa shape index (κ2) is 4.63. The molecule has 1 N–H and O–H groups in total. The Morgan fingerprint density at radius 1 is 1.07 bits per heavy atom. The van der Waals surface area contributed by atoms with Crippen molar-refractivity contribution in [2.75, 3.05) is 13.1 Å². The molecule has 0 aromatic carbocycles. The molecule has 0 amide bonds. The van der Waals surface area contributed by atoms with Crippen LogP contribution in [0.5, 0.6) is 0 Å². The Balaban J connectivity index is 1.78. The zero-order valence-electron chi connectivity index (χ0n) is 9.28. The summed E-state index contributed by atoms with van der Waals surface area (Å²) in [6.45, 7) is 4.78. The van der Waals surface area contributed by atoms with E-state index in [1.807, 2.05) is 0 Å². The van der Waals surface area contributed by atoms with Crippen LogP contribution in [0.4, 0.5) is 0 Å². The zero-order valence-corrected chi connectivity index (χ0v) is 9.28. The van der Waals surface area contributed by atoms with Gasteiger partial charge in [-0.2, -0.15) is 0 Å². The van der Waals surface area contributed by atoms with Crippen LogP contribution in [0.1, 0.15) is 45.4 Å². The first-order valence-corrected chi connectivity index (χ1v) is 6.21. The smallest absolute Gasteiger partial charge is 0.0541 e. The molecule has 0 spiro atoms. The van der Waals surface area contributed by atoms with Gasteiger partial charge in [-0.25, -0.2) is 0 Å². The lowest BCUT2D eigenvalue weighted by atomic mass is 9.92. The first kappa shape index (κ1) is 10.4. The maximum Gasteiger partial charge on any atom is 0.0541 e. The minimum atomic E-state index is -0.00844. The van der Waals surface area contributed by atoms with E-state index >= 15 is 0 Å². The first-order chi connectivity index (χ1) is 6.79. The maximum absolute atomic E-state index is 9.46. The summed E-state index contributed by atoms with van der Waals surface area (Å²) in [6, 6.07) is 0.768. The molecule has 14 heavy (non-hydrogen) atoms. The van der Waals surface area contributed by atoms with Gasteiger partial charge >= 0.3 is 0 Å². The van der Waals surface area contributed by atoms with E-state index in [2.05, 4.69) is 11.8 Å². The summed E-state index contributed by atoms with van der Waals surface area (Å²) in [6.07, 6.45) is 7.35. The van der Waals surface area contributed by atoms with Crippen LogP contribution in [0.25, 0.3) is 0 Å². The van der Waals surface area contributed by atoms with E-state index in [-0.39, 0.29) is 6.10 Å². The summed E-state index contributed by atoms with van der Waals surface area (Å²) in [4.78, 5) is 2.64. The molecule has 0 saturated heterocycles. The van der Waals surface area contributed by atoms with Gasteiger partial charge in [0.05, 0.1) is 6.10 Å². The fourth-order valence-electron chi connectivity index (χ4n) is 2.59. The Morgan fingerprint density at radius 3 is 2.21 bits per heavy atom. The van der Waals surface area contributed by atoms with Gasteiger partial charge in [0.1, 0.15) is 0 Å². The molecule has 0 atom stereocenters. The summed E-state index contributed by atoms with van der Waals surface area (Å²) in [5.74, 6) is 1.00. The maximum atomic E-state index is 9.46. The zero-order chi connectivity index (χ0) is 9.97. The highest BCUT2D eigenvalue weighted by atomic mass is 16.3. The summed E-state index contributed by atoms with van der Waals surface area (Å²) >= 11 is 0. The number of aliphatic hydroxyl groups excluding tert-OH is 1. The van der Waals surface area contributed by atoms with E-state index < -0.39 is 0 Å². The average molecular weight is 197 g/mol. The van der Waals surface area contributed by atoms with Gasteiger partial charge in [-0.15, -0.1) is 0 Å². The number of aliphatic hydroxyl groups is 1. The number of hydrogen-bond donors (Lipinski definition) is 1. The van der Waals surface area contributed by atoms with Crippen LogP contribution in [0.2, 0.25) is 0 Å². The van der Waals surface area contributed by atoms with Crippen LogP contribution >= 0.6 is 0 Å². The summed E-state index contributed by atoms with van der Waals surface area (Å²) < 4.78 is 0. The van der Waals surface area contributed by atoms with Crippen LogP contribution in [-0.2, 0) is 0 Å². The van der Waals surface area contributed by atoms with E-state index in [4.69, 9.17) is 0 Å². The molecule has 0 radical (unpaired) electrons. The van der Waals surface area contributed by atoms with Crippen molar-refractivity contribution in [3.05, 3.63) is 0 Å². The van der Waals surface area contributed by atoms with Crippen LogP contribution in [0.15, 0.2) is 0 Å². The van der Waals surface area contributed by atoms with Crippen LogP contribution < -0.4 is 0 Å². The molecule has 2 nitrogen and oxygen atoms in total. The monoisotopic (exact) mass is 197 g/mol. The highest BCUT2D eigenvalue weighted by Gasteiger charge is 2.29. The van der Waals surface area contributed by atoms with E-state index in [0.717, 1.165) is 24.8 Å². The Morgan fingerprint density at radius 2 is 1.71 bits per heavy atom. The van der Waals surface area contributed by atoms with Gasteiger partial charge in [0.2, 0.25) is 0 Å². The number of rotatable bonds is 4. The van der Waals surface area contributed by atoms with Gasteiger partial charge in [-0.1, -0.05) is 6.92 Å². The molecule has 0 aliphatic heterocycles. The molecule has 82 valence electrons. The Kier molecular flexibility index (Phi) is 3.45. The van der Waals surface area contributed by atoms with Crippen LogP contribution in [0, 0.1) is 5.92 Å². The first-order valence-electron chi connectivity index (χ1n) is 6.21. The topological polar surface area (TPSA) is 23.5 Å². The Labute approximate surface area is 87.3 Å². The normalized spacial score (nSPS) is 33.6. The molecule has 0 unspecified atom stereocenters. The highest BCUT2D eigenvalue weighted by molar-refractivity contribution is 4.83. The van der Waals surface area contributed by atoms with Crippen molar-refractivity contribution >= 4 is 0 Å². The molecule has 2 rings (SSSR count). The molecule has 2 aliphatic carbocycles. The predicted molar refractivity (Wildman–Crippen MR) is 58.2 cm³/mol. The third kappa shape index (κ3) is 2.71. The molecule has 0 aromatic rings. The second-order valence-electron chi connectivity index (χ2n) is 4.99. The van der Waals surface area contributed by atoms with Gasteiger partial charge in [0.25, 0.3) is 0 Å². The Bertz CT molecular complexity index is 171. The van der Waals surface area contributed by atoms with Crippen molar-refractivity contribution in [2.45, 2.75) is 57.6 Å². The van der Waals surface area contributed by atoms with Gasteiger partial charge in [0, 0.05) is 12.6 Å². The summed E-state index contributed by atoms with van der Waals surface area (Å²) in [5, 5.41) is 9.46. The standard InChI is InChI=1S/C12H23NO/c1-2-13(9-10-3-4-10)11-5-7-12(14)8-6-11/h10-12,14H,2-9H2,1H3. The molecule has 0 aromatic heterocycles. The summed E-state index contributed by atoms with van der Waals surface area (Å²) in [5.41, 5.74) is 0. The van der Waals surface area contributed by atoms with Crippen molar-refractivity contribution < 1.29 is 5.11 Å². The van der Waals surface area contributed by atoms with Gasteiger partial charge in [0.15, 0.2) is 0 Å².